The molecular weight excluding hydrogens is 238 g/mol. The van der Waals surface area contributed by atoms with Gasteiger partial charge < -0.3 is 10.1 Å². The number of fused-ring (bicyclic) bond motifs is 2. The van der Waals surface area contributed by atoms with Gasteiger partial charge in [-0.15, -0.1) is 0 Å². The van der Waals surface area contributed by atoms with Crippen LogP contribution in [-0.2, 0) is 9.53 Å². The van der Waals surface area contributed by atoms with Crippen LogP contribution in [0.2, 0.25) is 0 Å². The summed E-state index contributed by atoms with van der Waals surface area (Å²) in [6.45, 7) is 10.5. The van der Waals surface area contributed by atoms with Crippen molar-refractivity contribution in [3.05, 3.63) is 24.3 Å². The molecular formula is C16H21NO2. The highest BCUT2D eigenvalue weighted by atomic mass is 16.6. The first kappa shape index (κ1) is 12.6. The number of ether oxygens (including phenoxy) is 1. The average Bonchev–Trinajstić information content (AvgIpc) is 2.77. The number of hydrogen-bond donors (Lipinski definition) is 1. The van der Waals surface area contributed by atoms with Gasteiger partial charge in [0.25, 0.3) is 0 Å². The lowest BCUT2D eigenvalue weighted by Crippen LogP contribution is -2.40. The quantitative estimate of drug-likeness (QED) is 0.537. The van der Waals surface area contributed by atoms with Gasteiger partial charge in [0.05, 0.1) is 0 Å². The Morgan fingerprint density at radius 1 is 1.47 bits per heavy atom. The summed E-state index contributed by atoms with van der Waals surface area (Å²) < 4.78 is 5.51. The number of esters is 1. The van der Waals surface area contributed by atoms with Crippen molar-refractivity contribution in [3.8, 4) is 0 Å². The van der Waals surface area contributed by atoms with E-state index in [0.717, 1.165) is 6.42 Å². The van der Waals surface area contributed by atoms with Crippen LogP contribution in [-0.4, -0.2) is 17.8 Å². The van der Waals surface area contributed by atoms with Crippen molar-refractivity contribution in [2.24, 2.45) is 29.1 Å². The van der Waals surface area contributed by atoms with Crippen LogP contribution >= 0.6 is 0 Å². The molecule has 1 N–H and O–H groups in total. The van der Waals surface area contributed by atoms with Gasteiger partial charge in [-0.1, -0.05) is 33.4 Å². The Hall–Kier alpha value is -1.38. The van der Waals surface area contributed by atoms with Crippen molar-refractivity contribution in [2.75, 3.05) is 0 Å². The number of hydrogen-bond acceptors (Lipinski definition) is 3. The predicted molar refractivity (Wildman–Crippen MR) is 73.9 cm³/mol. The average molecular weight is 259 g/mol. The molecule has 3 heteroatoms. The molecule has 1 saturated heterocycles. The highest BCUT2D eigenvalue weighted by Gasteiger charge is 2.56. The summed E-state index contributed by atoms with van der Waals surface area (Å²) in [6.07, 6.45) is 4.94. The second-order valence-electron chi connectivity index (χ2n) is 6.58. The Bertz CT molecular complexity index is 507. The molecule has 3 rings (SSSR count). The zero-order chi connectivity index (χ0) is 13.9. The zero-order valence-corrected chi connectivity index (χ0v) is 11.8. The Kier molecular flexibility index (Phi) is 2.54. The van der Waals surface area contributed by atoms with Crippen molar-refractivity contribution >= 4 is 11.7 Å². The minimum absolute atomic E-state index is 0.0476. The summed E-state index contributed by atoms with van der Waals surface area (Å²) in [7, 11) is 0. The summed E-state index contributed by atoms with van der Waals surface area (Å²) in [5.74, 6) is 0.806. The van der Waals surface area contributed by atoms with Gasteiger partial charge in [0.15, 0.2) is 0 Å². The van der Waals surface area contributed by atoms with Gasteiger partial charge in [-0.25, -0.2) is 4.79 Å². The van der Waals surface area contributed by atoms with E-state index in [1.807, 2.05) is 6.08 Å². The van der Waals surface area contributed by atoms with Gasteiger partial charge >= 0.3 is 5.97 Å². The van der Waals surface area contributed by atoms with Crippen molar-refractivity contribution in [1.29, 1.82) is 5.41 Å². The van der Waals surface area contributed by atoms with Gasteiger partial charge in [0, 0.05) is 22.6 Å². The number of nitrogens with one attached hydrogen (secondary N) is 1. The first-order valence-electron chi connectivity index (χ1n) is 7.04. The molecule has 1 saturated carbocycles. The summed E-state index contributed by atoms with van der Waals surface area (Å²) in [6, 6.07) is 0. The molecule has 102 valence electrons. The molecule has 1 aliphatic heterocycles. The summed E-state index contributed by atoms with van der Waals surface area (Å²) in [5, 5.41) is 8.31. The first-order chi connectivity index (χ1) is 8.87. The van der Waals surface area contributed by atoms with Crippen molar-refractivity contribution in [3.63, 3.8) is 0 Å². The molecule has 2 fully saturated rings. The predicted octanol–water partition coefficient (Wildman–Crippen LogP) is 2.97. The molecule has 3 nitrogen and oxygen atoms in total. The molecule has 0 aromatic rings. The van der Waals surface area contributed by atoms with E-state index in [0.29, 0.717) is 23.1 Å². The van der Waals surface area contributed by atoms with Gasteiger partial charge in [0.2, 0.25) is 0 Å². The second kappa shape index (κ2) is 3.81. The molecule has 19 heavy (non-hydrogen) atoms. The van der Waals surface area contributed by atoms with E-state index in [-0.39, 0.29) is 29.3 Å². The fraction of sp³-hybridized carbons (Fsp3) is 0.625. The van der Waals surface area contributed by atoms with Crippen LogP contribution in [0, 0.1) is 34.5 Å². The van der Waals surface area contributed by atoms with E-state index in [2.05, 4.69) is 33.4 Å². The van der Waals surface area contributed by atoms with Crippen molar-refractivity contribution in [1.82, 2.24) is 0 Å². The lowest BCUT2D eigenvalue weighted by molar-refractivity contribution is -0.139. The molecule has 0 aromatic carbocycles. The molecule has 2 aliphatic carbocycles. The van der Waals surface area contributed by atoms with Gasteiger partial charge in [0.1, 0.15) is 6.10 Å². The highest BCUT2D eigenvalue weighted by Crippen LogP contribution is 2.56. The lowest BCUT2D eigenvalue weighted by atomic mass is 9.63. The van der Waals surface area contributed by atoms with Crippen molar-refractivity contribution < 1.29 is 9.53 Å². The zero-order valence-electron chi connectivity index (χ0n) is 11.8. The van der Waals surface area contributed by atoms with Crippen LogP contribution in [0.25, 0.3) is 0 Å². The maximum absolute atomic E-state index is 11.8. The third kappa shape index (κ3) is 1.44. The maximum atomic E-state index is 11.8. The molecule has 0 amide bonds. The minimum atomic E-state index is -0.242. The summed E-state index contributed by atoms with van der Waals surface area (Å²) in [5.41, 5.74) is 1.09. The van der Waals surface area contributed by atoms with Crippen LogP contribution < -0.4 is 0 Å². The monoisotopic (exact) mass is 259 g/mol. The third-order valence-electron chi connectivity index (χ3n) is 5.77. The first-order valence-corrected chi connectivity index (χ1v) is 7.04. The van der Waals surface area contributed by atoms with Crippen LogP contribution in [0.4, 0.5) is 0 Å². The molecule has 0 aromatic heterocycles. The maximum Gasteiger partial charge on any atom is 0.334 e. The summed E-state index contributed by atoms with van der Waals surface area (Å²) >= 11 is 0. The molecule has 1 heterocycles. The summed E-state index contributed by atoms with van der Waals surface area (Å²) in [4.78, 5) is 11.8. The molecule has 6 atom stereocenters. The smallest absolute Gasteiger partial charge is 0.334 e. The van der Waals surface area contributed by atoms with Gasteiger partial charge in [-0.05, 0) is 30.3 Å². The number of rotatable bonds is 0. The topological polar surface area (TPSA) is 50.2 Å². The fourth-order valence-corrected chi connectivity index (χ4v) is 4.44. The Balaban J connectivity index is 2.08. The van der Waals surface area contributed by atoms with E-state index in [1.165, 1.54) is 0 Å². The van der Waals surface area contributed by atoms with Gasteiger partial charge in [-0.3, -0.25) is 0 Å². The standard InChI is InChI=1S/C16H21NO2/c1-8-7-12-14(9(2)15(18)19-12)10(3)16(4)11(8)5-6-13(16)17/h5-6,8,10-12,14,17H,2,7H2,1,3-4H3/t8-,10+,11+,12-,14+,16+/m1/s1. The highest BCUT2D eigenvalue weighted by molar-refractivity contribution is 6.00. The van der Waals surface area contributed by atoms with E-state index >= 15 is 0 Å². The minimum Gasteiger partial charge on any atom is -0.458 e. The Labute approximate surface area is 114 Å². The Morgan fingerprint density at radius 3 is 2.84 bits per heavy atom. The second-order valence-corrected chi connectivity index (χ2v) is 6.58. The fourth-order valence-electron chi connectivity index (χ4n) is 4.44. The molecule has 0 spiro atoms. The van der Waals surface area contributed by atoms with Crippen LogP contribution in [0.3, 0.4) is 0 Å². The molecule has 0 unspecified atom stereocenters. The van der Waals surface area contributed by atoms with E-state index < -0.39 is 0 Å². The lowest BCUT2D eigenvalue weighted by Gasteiger charge is -2.40. The molecule has 3 aliphatic rings. The van der Waals surface area contributed by atoms with Crippen LogP contribution in [0.15, 0.2) is 24.3 Å². The van der Waals surface area contributed by atoms with E-state index in [4.69, 9.17) is 10.1 Å². The van der Waals surface area contributed by atoms with Crippen LogP contribution in [0.5, 0.6) is 0 Å². The van der Waals surface area contributed by atoms with Gasteiger partial charge in [-0.2, -0.15) is 0 Å². The number of carbonyl (C=O) groups is 1. The van der Waals surface area contributed by atoms with Crippen LogP contribution in [0.1, 0.15) is 27.2 Å². The molecule has 0 radical (unpaired) electrons. The third-order valence-corrected chi connectivity index (χ3v) is 5.77. The normalized spacial score (nSPS) is 48.8. The van der Waals surface area contributed by atoms with E-state index in [9.17, 15) is 4.79 Å². The largest absolute Gasteiger partial charge is 0.458 e. The number of allylic oxidation sites excluding steroid dienone is 2. The Morgan fingerprint density at radius 2 is 2.16 bits per heavy atom. The SMILES string of the molecule is C=C1C(=O)O[C@@H]2C[C@@H](C)[C@@H]3C=CC(=N)[C@@]3(C)[C@@H](C)[C@H]12. The van der Waals surface area contributed by atoms with Crippen molar-refractivity contribution in [2.45, 2.75) is 33.3 Å². The molecule has 0 bridgehead atoms. The number of carbonyl (C=O) groups excluding carboxylic acids is 1. The van der Waals surface area contributed by atoms with E-state index in [1.54, 1.807) is 0 Å².